The summed E-state index contributed by atoms with van der Waals surface area (Å²) in [6.07, 6.45) is 3.42. The van der Waals surface area contributed by atoms with Gasteiger partial charge in [0, 0.05) is 23.3 Å². The molecule has 0 atom stereocenters. The molecule has 7 heteroatoms. The van der Waals surface area contributed by atoms with Crippen molar-refractivity contribution in [2.45, 2.75) is 0 Å². The Bertz CT molecular complexity index is 1010. The molecule has 0 fully saturated rings. The van der Waals surface area contributed by atoms with E-state index in [1.165, 1.54) is 24.3 Å². The molecular weight excluding hydrogens is 348 g/mol. The highest BCUT2D eigenvalue weighted by Gasteiger charge is 2.28. The number of aromatic hydroxyl groups is 1. The molecule has 7 nitrogen and oxygen atoms in total. The molecule has 0 unspecified atom stereocenters. The van der Waals surface area contributed by atoms with E-state index in [0.29, 0.717) is 5.56 Å². The van der Waals surface area contributed by atoms with Crippen LogP contribution in [0.25, 0.3) is 23.3 Å². The second kappa shape index (κ2) is 7.49. The molecule has 0 aliphatic carbocycles. The van der Waals surface area contributed by atoms with E-state index in [1.807, 2.05) is 30.3 Å². The smallest absolute Gasteiger partial charge is 0.284 e. The number of nitro groups is 2. The Hall–Kier alpha value is -4.00. The van der Waals surface area contributed by atoms with E-state index < -0.39 is 21.2 Å². The van der Waals surface area contributed by atoms with Crippen molar-refractivity contribution in [3.63, 3.8) is 0 Å². The highest BCUT2D eigenvalue weighted by atomic mass is 16.6. The van der Waals surface area contributed by atoms with Crippen molar-refractivity contribution in [2.24, 2.45) is 0 Å². The van der Waals surface area contributed by atoms with Gasteiger partial charge < -0.3 is 5.11 Å². The van der Waals surface area contributed by atoms with Gasteiger partial charge in [-0.25, -0.2) is 0 Å². The van der Waals surface area contributed by atoms with E-state index in [1.54, 1.807) is 24.3 Å². The normalized spacial score (nSPS) is 10.8. The summed E-state index contributed by atoms with van der Waals surface area (Å²) >= 11 is 0. The Balaban J connectivity index is 2.16. The molecular formula is C20H14N2O5. The maximum absolute atomic E-state index is 11.4. The molecule has 0 aliphatic heterocycles. The molecule has 3 aromatic carbocycles. The van der Waals surface area contributed by atoms with Crippen LogP contribution in [0.1, 0.15) is 11.1 Å². The number of phenols is 1. The minimum absolute atomic E-state index is 0.0317. The van der Waals surface area contributed by atoms with E-state index in [2.05, 4.69) is 0 Å². The summed E-state index contributed by atoms with van der Waals surface area (Å²) in [6.45, 7) is 0. The molecule has 0 saturated carbocycles. The van der Waals surface area contributed by atoms with Gasteiger partial charge in [-0.05, 0) is 11.6 Å². The molecule has 0 heterocycles. The summed E-state index contributed by atoms with van der Waals surface area (Å²) in [5.41, 5.74) is 0.222. The fraction of sp³-hybridized carbons (Fsp3) is 0. The molecule has 0 bridgehead atoms. The number of para-hydroxylation sites is 1. The van der Waals surface area contributed by atoms with Gasteiger partial charge in [0.05, 0.1) is 9.85 Å². The van der Waals surface area contributed by atoms with Crippen molar-refractivity contribution in [2.75, 3.05) is 0 Å². The monoisotopic (exact) mass is 362 g/mol. The lowest BCUT2D eigenvalue weighted by Crippen LogP contribution is -1.98. The Morgan fingerprint density at radius 1 is 0.741 bits per heavy atom. The van der Waals surface area contributed by atoms with E-state index in [9.17, 15) is 25.3 Å². The SMILES string of the molecule is O=[N+]([O-])c1cccc([N+](=O)[O-])c1-c1cccc(/C=C/c2ccccc2)c1O. The van der Waals surface area contributed by atoms with Gasteiger partial charge in [0.2, 0.25) is 0 Å². The summed E-state index contributed by atoms with van der Waals surface area (Å²) in [4.78, 5) is 21.3. The topological polar surface area (TPSA) is 107 Å². The third-order valence-corrected chi connectivity index (χ3v) is 4.01. The lowest BCUT2D eigenvalue weighted by Gasteiger charge is -2.09. The predicted octanol–water partition coefficient (Wildman–Crippen LogP) is 5.05. The van der Waals surface area contributed by atoms with Crippen LogP contribution in [-0.4, -0.2) is 15.0 Å². The van der Waals surface area contributed by atoms with Crippen LogP contribution in [0, 0.1) is 20.2 Å². The first-order chi connectivity index (χ1) is 13.0. The van der Waals surface area contributed by atoms with Crippen molar-refractivity contribution >= 4 is 23.5 Å². The molecule has 0 radical (unpaired) electrons. The van der Waals surface area contributed by atoms with Crippen LogP contribution in [0.5, 0.6) is 5.75 Å². The quantitative estimate of drug-likeness (QED) is 0.388. The molecule has 0 aliphatic rings. The summed E-state index contributed by atoms with van der Waals surface area (Å²) in [5.74, 6) is -0.262. The minimum Gasteiger partial charge on any atom is -0.507 e. The Labute approximate surface area is 154 Å². The van der Waals surface area contributed by atoms with E-state index >= 15 is 0 Å². The molecule has 0 spiro atoms. The first-order valence-electron chi connectivity index (χ1n) is 7.96. The lowest BCUT2D eigenvalue weighted by molar-refractivity contribution is -0.392. The van der Waals surface area contributed by atoms with Gasteiger partial charge in [-0.15, -0.1) is 0 Å². The second-order valence-electron chi connectivity index (χ2n) is 5.67. The largest absolute Gasteiger partial charge is 0.507 e. The van der Waals surface area contributed by atoms with Crippen molar-refractivity contribution in [1.82, 2.24) is 0 Å². The zero-order valence-corrected chi connectivity index (χ0v) is 14.0. The molecule has 134 valence electrons. The van der Waals surface area contributed by atoms with Crippen LogP contribution < -0.4 is 0 Å². The molecule has 0 amide bonds. The number of benzene rings is 3. The maximum Gasteiger partial charge on any atom is 0.284 e. The second-order valence-corrected chi connectivity index (χ2v) is 5.67. The van der Waals surface area contributed by atoms with Gasteiger partial charge in [-0.1, -0.05) is 60.7 Å². The zero-order valence-electron chi connectivity index (χ0n) is 14.0. The minimum atomic E-state index is -0.700. The number of hydrogen-bond donors (Lipinski definition) is 1. The fourth-order valence-electron chi connectivity index (χ4n) is 2.76. The van der Waals surface area contributed by atoms with Gasteiger partial charge in [-0.3, -0.25) is 20.2 Å². The molecule has 0 aromatic heterocycles. The third-order valence-electron chi connectivity index (χ3n) is 4.01. The fourth-order valence-corrected chi connectivity index (χ4v) is 2.76. The third kappa shape index (κ3) is 3.67. The van der Waals surface area contributed by atoms with Gasteiger partial charge in [0.1, 0.15) is 11.3 Å². The first kappa shape index (κ1) is 17.8. The molecule has 1 N–H and O–H groups in total. The van der Waals surface area contributed by atoms with Crippen LogP contribution in [0.2, 0.25) is 0 Å². The van der Waals surface area contributed by atoms with Crippen LogP contribution >= 0.6 is 0 Å². The average Bonchev–Trinajstić information content (AvgIpc) is 2.67. The average molecular weight is 362 g/mol. The zero-order chi connectivity index (χ0) is 19.4. The van der Waals surface area contributed by atoms with E-state index in [-0.39, 0.29) is 16.9 Å². The van der Waals surface area contributed by atoms with Crippen LogP contribution in [-0.2, 0) is 0 Å². The predicted molar refractivity (Wildman–Crippen MR) is 102 cm³/mol. The number of phenolic OH excluding ortho intramolecular Hbond substituents is 1. The highest BCUT2D eigenvalue weighted by molar-refractivity contribution is 5.88. The Morgan fingerprint density at radius 3 is 1.93 bits per heavy atom. The highest BCUT2D eigenvalue weighted by Crippen LogP contribution is 2.43. The Kier molecular flexibility index (Phi) is 4.94. The van der Waals surface area contributed by atoms with Crippen LogP contribution in [0.15, 0.2) is 66.7 Å². The summed E-state index contributed by atoms with van der Waals surface area (Å²) in [5, 5.41) is 33.4. The molecule has 3 rings (SSSR count). The number of hydrogen-bond acceptors (Lipinski definition) is 5. The summed E-state index contributed by atoms with van der Waals surface area (Å²) in [6, 6.07) is 17.6. The van der Waals surface area contributed by atoms with Crippen molar-refractivity contribution < 1.29 is 15.0 Å². The number of nitrogens with zero attached hydrogens (tertiary/aromatic N) is 2. The Morgan fingerprint density at radius 2 is 1.33 bits per heavy atom. The van der Waals surface area contributed by atoms with E-state index in [0.717, 1.165) is 5.56 Å². The van der Waals surface area contributed by atoms with Gasteiger partial charge in [-0.2, -0.15) is 0 Å². The molecule has 0 saturated heterocycles. The number of nitro benzene ring substituents is 2. The van der Waals surface area contributed by atoms with Crippen molar-refractivity contribution in [3.05, 3.63) is 98.1 Å². The molecule has 3 aromatic rings. The van der Waals surface area contributed by atoms with E-state index in [4.69, 9.17) is 0 Å². The maximum atomic E-state index is 11.4. The van der Waals surface area contributed by atoms with Crippen LogP contribution in [0.4, 0.5) is 11.4 Å². The van der Waals surface area contributed by atoms with Crippen molar-refractivity contribution in [3.8, 4) is 16.9 Å². The van der Waals surface area contributed by atoms with Crippen LogP contribution in [0.3, 0.4) is 0 Å². The first-order valence-corrected chi connectivity index (χ1v) is 7.96. The standard InChI is InChI=1S/C20H14N2O5/c23-20-15(13-12-14-6-2-1-3-7-14)8-4-9-16(20)19-17(21(24)25)10-5-11-18(19)22(26)27/h1-13,23H/b13-12+. The van der Waals surface area contributed by atoms with Gasteiger partial charge in [0.15, 0.2) is 0 Å². The lowest BCUT2D eigenvalue weighted by atomic mass is 9.97. The molecule has 27 heavy (non-hydrogen) atoms. The van der Waals surface area contributed by atoms with Gasteiger partial charge >= 0.3 is 0 Å². The summed E-state index contributed by atoms with van der Waals surface area (Å²) < 4.78 is 0. The number of rotatable bonds is 5. The van der Waals surface area contributed by atoms with Crippen molar-refractivity contribution in [1.29, 1.82) is 0 Å². The van der Waals surface area contributed by atoms with Gasteiger partial charge in [0.25, 0.3) is 11.4 Å². The summed E-state index contributed by atoms with van der Waals surface area (Å²) in [7, 11) is 0.